The molecular weight excluding hydrogens is 1260 g/mol. The summed E-state index contributed by atoms with van der Waals surface area (Å²) < 4.78 is 18.8. The van der Waals surface area contributed by atoms with E-state index in [0.717, 1.165) is 111 Å². The Morgan fingerprint density at radius 1 is 0.167 bits per heavy atom. The summed E-state index contributed by atoms with van der Waals surface area (Å²) in [5.74, 6) is 0. The molecule has 22 rings (SSSR count). The summed E-state index contributed by atoms with van der Waals surface area (Å²) in [6.45, 7) is 0. The van der Waals surface area contributed by atoms with Crippen LogP contribution in [0.15, 0.2) is 356 Å². The Morgan fingerprint density at radius 2 is 0.490 bits per heavy atom. The van der Waals surface area contributed by atoms with Gasteiger partial charge in [-0.25, -0.2) is 0 Å². The van der Waals surface area contributed by atoms with Gasteiger partial charge in [0.2, 0.25) is 0 Å². The maximum Gasteiger partial charge on any atom is 0.135 e. The van der Waals surface area contributed by atoms with Crippen LogP contribution in [0.5, 0.6) is 0 Å². The largest absolute Gasteiger partial charge is 0.456 e. The van der Waals surface area contributed by atoms with Crippen LogP contribution in [0.4, 0.5) is 0 Å². The predicted molar refractivity (Wildman–Crippen MR) is 431 cm³/mol. The first-order valence-corrected chi connectivity index (χ1v) is 35.7. The molecule has 0 aliphatic carbocycles. The zero-order chi connectivity index (χ0) is 66.7. The lowest BCUT2D eigenvalue weighted by Crippen LogP contribution is -1.95. The summed E-state index contributed by atoms with van der Waals surface area (Å²) in [5.41, 5.74) is 27.2. The van der Waals surface area contributed by atoms with Crippen molar-refractivity contribution in [2.75, 3.05) is 0 Å². The Balaban J connectivity index is 0.705. The Kier molecular flexibility index (Phi) is 12.3. The van der Waals surface area contributed by atoms with E-state index in [9.17, 15) is 0 Å². The number of benzene rings is 16. The first-order chi connectivity index (χ1) is 50.5. The van der Waals surface area contributed by atoms with E-state index in [4.69, 9.17) is 4.42 Å². The SMILES string of the molecule is c1ccc(-c2ccc(-n3c4ccccc4c4ccc(-c5ccc6c7ccc(-c8ccc9c(c8)c8ccc(-c%10ccc%11c%12ccccc%12n(-c%12ccc%13oc%14ccccc%14c%13c%12)c%11c%10)cc8n9-c8ccc(-c9ccccc9)cc8)cc7n(-c7ccc8sc9ccccc9c8c7)c6c5)cc43)cc2)cc1. The number of aromatic nitrogens is 4. The fraction of sp³-hybridized carbons (Fsp3) is 0. The minimum absolute atomic E-state index is 0.886. The molecular formula is C96H58N4OS. The molecule has 5 nitrogen and oxygen atoms in total. The second-order valence-corrected chi connectivity index (χ2v) is 28.2. The Bertz CT molecular complexity index is 7220. The average Bonchev–Trinajstić information content (AvgIpc) is 1.60. The monoisotopic (exact) mass is 1310 g/mol. The molecule has 0 N–H and O–H groups in total. The second kappa shape index (κ2) is 22.1. The summed E-state index contributed by atoms with van der Waals surface area (Å²) in [7, 11) is 0. The highest BCUT2D eigenvalue weighted by Gasteiger charge is 2.22. The number of thiophene rings is 1. The highest BCUT2D eigenvalue weighted by Crippen LogP contribution is 2.45. The number of furan rings is 1. The van der Waals surface area contributed by atoms with E-state index in [0.29, 0.717) is 0 Å². The van der Waals surface area contributed by atoms with Crippen LogP contribution >= 0.6 is 11.3 Å². The average molecular weight is 1320 g/mol. The van der Waals surface area contributed by atoms with Gasteiger partial charge in [0, 0.05) is 96.8 Å². The molecule has 0 bridgehead atoms. The van der Waals surface area contributed by atoms with Crippen LogP contribution in [-0.4, -0.2) is 18.3 Å². The molecule has 0 unspecified atom stereocenters. The lowest BCUT2D eigenvalue weighted by molar-refractivity contribution is 0.669. The molecule has 0 atom stereocenters. The van der Waals surface area contributed by atoms with Crippen molar-refractivity contribution >= 4 is 141 Å². The molecule has 0 saturated carbocycles. The third-order valence-electron chi connectivity index (χ3n) is 21.6. The molecule has 22 aromatic rings. The number of rotatable bonds is 9. The number of nitrogens with zero attached hydrogens (tertiary/aromatic N) is 4. The van der Waals surface area contributed by atoms with Gasteiger partial charge in [-0.3, -0.25) is 0 Å². The van der Waals surface area contributed by atoms with Gasteiger partial charge in [-0.05, 0) is 183 Å². The molecule has 0 radical (unpaired) electrons. The van der Waals surface area contributed by atoms with Crippen LogP contribution in [0.25, 0.3) is 208 Å². The van der Waals surface area contributed by atoms with E-state index in [2.05, 4.69) is 364 Å². The smallest absolute Gasteiger partial charge is 0.135 e. The van der Waals surface area contributed by atoms with E-state index < -0.39 is 0 Å². The van der Waals surface area contributed by atoms with Gasteiger partial charge in [0.25, 0.3) is 0 Å². The van der Waals surface area contributed by atoms with Gasteiger partial charge in [-0.1, -0.05) is 224 Å². The summed E-state index contributed by atoms with van der Waals surface area (Å²) in [6.07, 6.45) is 0. The van der Waals surface area contributed by atoms with Gasteiger partial charge in [-0.2, -0.15) is 0 Å². The standard InChI is InChI=1S/C96H58N4OS/c1-3-15-59(16-4-1)61-27-37-69(38-28-61)97-85-23-11-7-19-73(85)75-43-32-65(53-88(75)97)67-34-46-78-77-45-31-64(52-90(77)100(91(78)55-67)72-42-50-96-84(58-72)81-22-10-14-26-95(81)102-96)63-36-48-87-82(51-63)79-47-35-68(56-92(79)98(87)70-39-29-62(30-40-70)60-17-5-2-6-18-60)66-33-44-76-74-20-8-12-24-86(74)99(89(76)54-66)71-41-49-94-83(57-71)80-21-9-13-25-93(80)101-94/h1-58H. The van der Waals surface area contributed by atoms with Gasteiger partial charge >= 0.3 is 0 Å². The fourth-order valence-corrected chi connectivity index (χ4v) is 17.8. The van der Waals surface area contributed by atoms with Gasteiger partial charge in [-0.15, -0.1) is 11.3 Å². The molecule has 0 aliphatic rings. The lowest BCUT2D eigenvalue weighted by Gasteiger charge is -2.12. The van der Waals surface area contributed by atoms with E-state index in [1.165, 1.54) is 96.5 Å². The van der Waals surface area contributed by atoms with Crippen molar-refractivity contribution in [3.8, 4) is 78.4 Å². The third-order valence-corrected chi connectivity index (χ3v) is 22.7. The van der Waals surface area contributed by atoms with Crippen LogP contribution in [0.1, 0.15) is 0 Å². The summed E-state index contributed by atoms with van der Waals surface area (Å²) >= 11 is 1.86. The normalized spacial score (nSPS) is 12.1. The van der Waals surface area contributed by atoms with Crippen molar-refractivity contribution in [3.05, 3.63) is 352 Å². The number of para-hydroxylation sites is 3. The van der Waals surface area contributed by atoms with Crippen LogP contribution in [-0.2, 0) is 0 Å². The van der Waals surface area contributed by atoms with E-state index >= 15 is 0 Å². The summed E-state index contributed by atoms with van der Waals surface area (Å²) in [5, 5.41) is 14.5. The van der Waals surface area contributed by atoms with Crippen molar-refractivity contribution in [1.29, 1.82) is 0 Å². The second-order valence-electron chi connectivity index (χ2n) is 27.2. The quantitative estimate of drug-likeness (QED) is 0.142. The summed E-state index contributed by atoms with van der Waals surface area (Å²) in [6, 6.07) is 130. The molecule has 16 aromatic carbocycles. The molecule has 0 spiro atoms. The van der Waals surface area contributed by atoms with Gasteiger partial charge < -0.3 is 22.7 Å². The van der Waals surface area contributed by atoms with Crippen molar-refractivity contribution in [3.63, 3.8) is 0 Å². The minimum atomic E-state index is 0.886. The molecule has 102 heavy (non-hydrogen) atoms. The number of hydrogen-bond acceptors (Lipinski definition) is 2. The van der Waals surface area contributed by atoms with Crippen LogP contribution in [0.3, 0.4) is 0 Å². The predicted octanol–water partition coefficient (Wildman–Crippen LogP) is 26.7. The van der Waals surface area contributed by atoms with E-state index in [-0.39, 0.29) is 0 Å². The summed E-state index contributed by atoms with van der Waals surface area (Å²) in [4.78, 5) is 0. The van der Waals surface area contributed by atoms with Crippen molar-refractivity contribution in [1.82, 2.24) is 18.3 Å². The highest BCUT2D eigenvalue weighted by atomic mass is 32.1. The Hall–Kier alpha value is -13.3. The third kappa shape index (κ3) is 8.70. The minimum Gasteiger partial charge on any atom is -0.456 e. The molecule has 0 aliphatic heterocycles. The Labute approximate surface area is 589 Å². The molecule has 0 fully saturated rings. The number of hydrogen-bond donors (Lipinski definition) is 0. The molecule has 0 amide bonds. The van der Waals surface area contributed by atoms with Crippen LogP contribution < -0.4 is 0 Å². The van der Waals surface area contributed by atoms with Crippen molar-refractivity contribution in [2.24, 2.45) is 0 Å². The zero-order valence-corrected chi connectivity index (χ0v) is 55.9. The topological polar surface area (TPSA) is 32.9 Å². The maximum absolute atomic E-state index is 6.33. The lowest BCUT2D eigenvalue weighted by atomic mass is 9.99. The number of fused-ring (bicyclic) bond motifs is 18. The van der Waals surface area contributed by atoms with Crippen LogP contribution in [0, 0.1) is 0 Å². The first-order valence-electron chi connectivity index (χ1n) is 34.9. The highest BCUT2D eigenvalue weighted by molar-refractivity contribution is 7.25. The van der Waals surface area contributed by atoms with E-state index in [1.54, 1.807) is 0 Å². The molecule has 6 aromatic heterocycles. The van der Waals surface area contributed by atoms with Crippen LogP contribution in [0.2, 0.25) is 0 Å². The first kappa shape index (κ1) is 56.7. The maximum atomic E-state index is 6.33. The molecule has 0 saturated heterocycles. The molecule has 6 heteroatoms. The van der Waals surface area contributed by atoms with Crippen molar-refractivity contribution in [2.45, 2.75) is 0 Å². The molecule has 474 valence electrons. The Morgan fingerprint density at radius 3 is 1.01 bits per heavy atom. The van der Waals surface area contributed by atoms with Crippen molar-refractivity contribution < 1.29 is 4.42 Å². The zero-order valence-electron chi connectivity index (χ0n) is 55.1. The van der Waals surface area contributed by atoms with Gasteiger partial charge in [0.05, 0.1) is 44.1 Å². The van der Waals surface area contributed by atoms with Gasteiger partial charge in [0.15, 0.2) is 0 Å². The molecule has 6 heterocycles. The van der Waals surface area contributed by atoms with E-state index in [1.807, 2.05) is 17.4 Å². The fourth-order valence-electron chi connectivity index (χ4n) is 16.7. The van der Waals surface area contributed by atoms with Gasteiger partial charge in [0.1, 0.15) is 11.2 Å².